The number of carbonyl (C=O) groups is 1. The van der Waals surface area contributed by atoms with E-state index in [0.29, 0.717) is 5.56 Å². The predicted molar refractivity (Wildman–Crippen MR) is 90.9 cm³/mol. The Balaban J connectivity index is 2.75. The summed E-state index contributed by atoms with van der Waals surface area (Å²) in [5, 5.41) is 0. The van der Waals surface area contributed by atoms with E-state index in [9.17, 15) is 4.79 Å². The number of rotatable bonds is 9. The van der Waals surface area contributed by atoms with Gasteiger partial charge in [0.25, 0.3) is 5.91 Å². The smallest absolute Gasteiger partial charge is 0.265 e. The fraction of sp³-hybridized carbons (Fsp3) is 0.562. The molecule has 0 spiro atoms. The lowest BCUT2D eigenvalue weighted by molar-refractivity contribution is 0.0953. The number of nitrogens with one attached hydrogen (secondary N) is 1. The van der Waals surface area contributed by atoms with Gasteiger partial charge in [-0.25, -0.2) is 5.84 Å². The highest BCUT2D eigenvalue weighted by Gasteiger charge is 2.10. The Morgan fingerprint density at radius 1 is 1.24 bits per heavy atom. The van der Waals surface area contributed by atoms with Crippen LogP contribution >= 0.6 is 15.9 Å². The number of unbranched alkanes of at least 4 members (excludes halogenated alkanes) is 2. The van der Waals surface area contributed by atoms with Gasteiger partial charge in [0, 0.05) is 16.6 Å². The quantitative estimate of drug-likeness (QED) is 0.405. The highest BCUT2D eigenvalue weighted by Crippen LogP contribution is 2.21. The molecular formula is C16H26BrN3O. The number of nitrogens with zero attached hydrogens (tertiary/aromatic N) is 1. The van der Waals surface area contributed by atoms with Crippen molar-refractivity contribution in [3.8, 4) is 0 Å². The van der Waals surface area contributed by atoms with Gasteiger partial charge in [-0.3, -0.25) is 15.1 Å². The third kappa shape index (κ3) is 6.16. The minimum absolute atomic E-state index is 0.268. The summed E-state index contributed by atoms with van der Waals surface area (Å²) in [5.74, 6) is 4.89. The van der Waals surface area contributed by atoms with Gasteiger partial charge in [0.1, 0.15) is 0 Å². The number of hydrogen-bond donors (Lipinski definition) is 2. The van der Waals surface area contributed by atoms with Crippen molar-refractivity contribution in [2.24, 2.45) is 5.84 Å². The summed E-state index contributed by atoms with van der Waals surface area (Å²) in [6.07, 6.45) is 4.85. The van der Waals surface area contributed by atoms with Crippen LogP contribution < -0.4 is 11.3 Å². The molecule has 0 bridgehead atoms. The first-order valence-electron chi connectivity index (χ1n) is 7.64. The molecule has 0 radical (unpaired) electrons. The van der Waals surface area contributed by atoms with Gasteiger partial charge in [0.15, 0.2) is 0 Å². The molecule has 4 nitrogen and oxygen atoms in total. The first-order valence-corrected chi connectivity index (χ1v) is 8.43. The average Bonchev–Trinajstić information content (AvgIpc) is 2.50. The molecule has 0 saturated heterocycles. The first kappa shape index (κ1) is 18.1. The maximum atomic E-state index is 11.5. The number of amides is 1. The second-order valence-corrected chi connectivity index (χ2v) is 6.12. The second-order valence-electron chi connectivity index (χ2n) is 5.26. The summed E-state index contributed by atoms with van der Waals surface area (Å²) in [7, 11) is 0. The van der Waals surface area contributed by atoms with Crippen LogP contribution in [0, 0.1) is 0 Å². The van der Waals surface area contributed by atoms with Crippen LogP contribution in [0.15, 0.2) is 22.7 Å². The maximum Gasteiger partial charge on any atom is 0.265 e. The van der Waals surface area contributed by atoms with Crippen LogP contribution in [-0.4, -0.2) is 23.9 Å². The fourth-order valence-corrected chi connectivity index (χ4v) is 2.68. The number of nitrogens with two attached hydrogens (primary N) is 1. The number of hydrazine groups is 1. The Morgan fingerprint density at radius 2 is 1.86 bits per heavy atom. The lowest BCUT2D eigenvalue weighted by Crippen LogP contribution is -2.30. The average molecular weight is 356 g/mol. The van der Waals surface area contributed by atoms with E-state index in [1.165, 1.54) is 31.2 Å². The summed E-state index contributed by atoms with van der Waals surface area (Å²) < 4.78 is 0.960. The highest BCUT2D eigenvalue weighted by atomic mass is 79.9. The summed E-state index contributed by atoms with van der Waals surface area (Å²) in [6, 6.07) is 5.65. The molecule has 5 heteroatoms. The predicted octanol–water partition coefficient (Wildman–Crippen LogP) is 3.45. The van der Waals surface area contributed by atoms with E-state index in [-0.39, 0.29) is 5.91 Å². The zero-order chi connectivity index (χ0) is 15.7. The van der Waals surface area contributed by atoms with Crippen LogP contribution in [0.2, 0.25) is 0 Å². The lowest BCUT2D eigenvalue weighted by Gasteiger charge is -2.22. The third-order valence-corrected chi connectivity index (χ3v) is 4.23. The minimum atomic E-state index is -0.268. The van der Waals surface area contributed by atoms with Crippen molar-refractivity contribution in [3.05, 3.63) is 33.8 Å². The Bertz CT molecular complexity index is 443. The topological polar surface area (TPSA) is 58.4 Å². The highest BCUT2D eigenvalue weighted by molar-refractivity contribution is 9.10. The van der Waals surface area contributed by atoms with Gasteiger partial charge in [-0.05, 0) is 43.6 Å². The molecule has 118 valence electrons. The SMILES string of the molecule is CCCCN(CCCC)Cc1ccc(C(=O)NN)cc1Br. The molecule has 0 aliphatic heterocycles. The van der Waals surface area contributed by atoms with Crippen molar-refractivity contribution in [2.45, 2.75) is 46.1 Å². The number of hydrogen-bond acceptors (Lipinski definition) is 3. The van der Waals surface area contributed by atoms with Crippen LogP contribution in [0.3, 0.4) is 0 Å². The molecule has 21 heavy (non-hydrogen) atoms. The van der Waals surface area contributed by atoms with E-state index in [0.717, 1.165) is 24.1 Å². The number of halogens is 1. The Morgan fingerprint density at radius 3 is 2.33 bits per heavy atom. The molecule has 0 saturated carbocycles. The molecule has 0 atom stereocenters. The molecular weight excluding hydrogens is 330 g/mol. The number of nitrogen functional groups attached to an aromatic ring is 1. The van der Waals surface area contributed by atoms with Crippen molar-refractivity contribution in [2.75, 3.05) is 13.1 Å². The van der Waals surface area contributed by atoms with Crippen molar-refractivity contribution < 1.29 is 4.79 Å². The summed E-state index contributed by atoms with van der Waals surface area (Å²) >= 11 is 3.56. The normalized spacial score (nSPS) is 10.9. The van der Waals surface area contributed by atoms with Crippen LogP contribution in [0.25, 0.3) is 0 Å². The molecule has 1 rings (SSSR count). The summed E-state index contributed by atoms with van der Waals surface area (Å²) in [5.41, 5.74) is 3.93. The molecule has 3 N–H and O–H groups in total. The lowest BCUT2D eigenvalue weighted by atomic mass is 10.1. The number of benzene rings is 1. The fourth-order valence-electron chi connectivity index (χ4n) is 2.17. The summed E-state index contributed by atoms with van der Waals surface area (Å²) in [4.78, 5) is 14.0. The molecule has 1 aromatic rings. The van der Waals surface area contributed by atoms with Gasteiger partial charge in [-0.15, -0.1) is 0 Å². The van der Waals surface area contributed by atoms with E-state index in [1.54, 1.807) is 0 Å². The van der Waals surface area contributed by atoms with E-state index in [4.69, 9.17) is 5.84 Å². The van der Waals surface area contributed by atoms with E-state index in [1.807, 2.05) is 18.2 Å². The standard InChI is InChI=1S/C16H26BrN3O/c1-3-5-9-20(10-6-4-2)12-14-8-7-13(11-15(14)17)16(21)19-18/h7-8,11H,3-6,9-10,12,18H2,1-2H3,(H,19,21). The van der Waals surface area contributed by atoms with E-state index in [2.05, 4.69) is 40.1 Å². The molecule has 1 aromatic carbocycles. The van der Waals surface area contributed by atoms with Crippen LogP contribution in [0.5, 0.6) is 0 Å². The molecule has 0 fully saturated rings. The van der Waals surface area contributed by atoms with E-state index >= 15 is 0 Å². The third-order valence-electron chi connectivity index (χ3n) is 3.50. The van der Waals surface area contributed by atoms with Crippen molar-refractivity contribution in [1.29, 1.82) is 0 Å². The second kappa shape index (κ2) is 9.92. The number of carbonyl (C=O) groups excluding carboxylic acids is 1. The van der Waals surface area contributed by atoms with Crippen LogP contribution in [-0.2, 0) is 6.54 Å². The Kier molecular flexibility index (Phi) is 8.57. The van der Waals surface area contributed by atoms with Gasteiger partial charge >= 0.3 is 0 Å². The van der Waals surface area contributed by atoms with Gasteiger partial charge in [-0.2, -0.15) is 0 Å². The molecule has 0 aliphatic carbocycles. The van der Waals surface area contributed by atoms with Crippen molar-refractivity contribution in [3.63, 3.8) is 0 Å². The molecule has 0 unspecified atom stereocenters. The summed E-state index contributed by atoms with van der Waals surface area (Å²) in [6.45, 7) is 7.58. The van der Waals surface area contributed by atoms with Crippen molar-refractivity contribution in [1.82, 2.24) is 10.3 Å². The van der Waals surface area contributed by atoms with Crippen LogP contribution in [0.1, 0.15) is 55.5 Å². The largest absolute Gasteiger partial charge is 0.299 e. The molecule has 0 aromatic heterocycles. The van der Waals surface area contributed by atoms with Gasteiger partial charge in [-0.1, -0.05) is 48.7 Å². The molecule has 1 amide bonds. The van der Waals surface area contributed by atoms with Gasteiger partial charge in [0.05, 0.1) is 0 Å². The van der Waals surface area contributed by atoms with Crippen LogP contribution in [0.4, 0.5) is 0 Å². The van der Waals surface area contributed by atoms with Gasteiger partial charge in [0.2, 0.25) is 0 Å². The Labute approximate surface area is 136 Å². The zero-order valence-corrected chi connectivity index (χ0v) is 14.6. The van der Waals surface area contributed by atoms with E-state index < -0.39 is 0 Å². The monoisotopic (exact) mass is 355 g/mol. The maximum absolute atomic E-state index is 11.5. The van der Waals surface area contributed by atoms with Gasteiger partial charge < -0.3 is 0 Å². The molecule has 0 heterocycles. The molecule has 0 aliphatic rings. The van der Waals surface area contributed by atoms with Crippen molar-refractivity contribution >= 4 is 21.8 Å². The Hall–Kier alpha value is -0.910. The zero-order valence-electron chi connectivity index (χ0n) is 13.0. The first-order chi connectivity index (χ1) is 10.1. The minimum Gasteiger partial charge on any atom is -0.299 e.